The van der Waals surface area contributed by atoms with E-state index in [9.17, 15) is 14.7 Å². The van der Waals surface area contributed by atoms with Crippen LogP contribution in [0.15, 0.2) is 15.9 Å². The van der Waals surface area contributed by atoms with E-state index in [0.29, 0.717) is 24.2 Å². The van der Waals surface area contributed by atoms with Gasteiger partial charge in [-0.15, -0.1) is 0 Å². The summed E-state index contributed by atoms with van der Waals surface area (Å²) in [6, 6.07) is 0. The van der Waals surface area contributed by atoms with E-state index in [0.717, 1.165) is 57.8 Å². The topological polar surface area (TPSA) is 91.3 Å². The van der Waals surface area contributed by atoms with Crippen molar-refractivity contribution >= 4 is 11.2 Å². The smallest absolute Gasteiger partial charge is 0.334 e. The Balaban J connectivity index is 2.02. The zero-order valence-electron chi connectivity index (χ0n) is 21.8. The molecule has 0 radical (unpaired) electrons. The first kappa shape index (κ1) is 28.3. The number of ether oxygens (including phenoxy) is 1. The minimum Gasteiger partial charge on any atom is -0.393 e. The molecular formula is C26H46N4O4. The van der Waals surface area contributed by atoms with Gasteiger partial charge in [-0.25, -0.2) is 14.3 Å². The Morgan fingerprint density at radius 2 is 1.50 bits per heavy atom. The van der Waals surface area contributed by atoms with Crippen molar-refractivity contribution in [3.05, 3.63) is 27.2 Å². The van der Waals surface area contributed by atoms with Gasteiger partial charge in [0, 0.05) is 20.7 Å². The number of fused-ring (bicyclic) bond motifs is 1. The van der Waals surface area contributed by atoms with Gasteiger partial charge in [0.05, 0.1) is 12.4 Å². The van der Waals surface area contributed by atoms with Crippen LogP contribution in [0.25, 0.3) is 11.2 Å². The Bertz CT molecular complexity index is 960. The molecule has 0 amide bonds. The van der Waals surface area contributed by atoms with Crippen LogP contribution in [0.3, 0.4) is 0 Å². The van der Waals surface area contributed by atoms with E-state index in [-0.39, 0.29) is 17.4 Å². The van der Waals surface area contributed by atoms with Crippen molar-refractivity contribution < 1.29 is 9.84 Å². The summed E-state index contributed by atoms with van der Waals surface area (Å²) >= 11 is 0. The zero-order valence-corrected chi connectivity index (χ0v) is 21.8. The van der Waals surface area contributed by atoms with E-state index in [2.05, 4.69) is 11.9 Å². The lowest BCUT2D eigenvalue weighted by molar-refractivity contribution is -0.0126. The third-order valence-electron chi connectivity index (χ3n) is 6.57. The first-order valence-corrected chi connectivity index (χ1v) is 13.3. The Kier molecular flexibility index (Phi) is 12.6. The molecule has 0 bridgehead atoms. The monoisotopic (exact) mass is 478 g/mol. The second-order valence-corrected chi connectivity index (χ2v) is 9.69. The van der Waals surface area contributed by atoms with Crippen molar-refractivity contribution in [3.63, 3.8) is 0 Å². The Hall–Kier alpha value is -1.93. The average molecular weight is 479 g/mol. The van der Waals surface area contributed by atoms with Gasteiger partial charge in [0.1, 0.15) is 6.23 Å². The highest BCUT2D eigenvalue weighted by atomic mass is 16.5. The average Bonchev–Trinajstić information content (AvgIpc) is 3.19. The molecule has 2 heterocycles. The van der Waals surface area contributed by atoms with Crippen LogP contribution < -0.4 is 11.2 Å². The molecular weight excluding hydrogens is 432 g/mol. The van der Waals surface area contributed by atoms with Crippen molar-refractivity contribution in [1.82, 2.24) is 18.7 Å². The molecule has 0 aliphatic rings. The molecule has 0 aliphatic carbocycles. The van der Waals surface area contributed by atoms with E-state index in [1.807, 2.05) is 6.92 Å². The quantitative estimate of drug-likeness (QED) is 0.310. The summed E-state index contributed by atoms with van der Waals surface area (Å²) < 4.78 is 10.6. The maximum absolute atomic E-state index is 13.3. The minimum absolute atomic E-state index is 0.220. The number of hydrogen-bond acceptors (Lipinski definition) is 5. The number of rotatable bonds is 18. The number of nitrogens with zero attached hydrogens (tertiary/aromatic N) is 4. The normalized spacial score (nSPS) is 13.6. The number of hydrogen-bond donors (Lipinski definition) is 1. The highest BCUT2D eigenvalue weighted by Gasteiger charge is 2.22. The third kappa shape index (κ3) is 8.38. The lowest BCUT2D eigenvalue weighted by Gasteiger charge is -2.21. The maximum Gasteiger partial charge on any atom is 0.334 e. The summed E-state index contributed by atoms with van der Waals surface area (Å²) in [6.45, 7) is 4.59. The van der Waals surface area contributed by atoms with Gasteiger partial charge in [0.2, 0.25) is 0 Å². The first-order valence-electron chi connectivity index (χ1n) is 13.3. The first-order chi connectivity index (χ1) is 16.4. The molecule has 0 aromatic carbocycles. The summed E-state index contributed by atoms with van der Waals surface area (Å²) in [6.07, 6.45) is 15.6. The molecule has 1 N–H and O–H groups in total. The summed E-state index contributed by atoms with van der Waals surface area (Å²) in [5.74, 6) is 0. The van der Waals surface area contributed by atoms with Gasteiger partial charge in [0.15, 0.2) is 11.2 Å². The van der Waals surface area contributed by atoms with Crippen molar-refractivity contribution in [2.24, 2.45) is 14.1 Å². The van der Waals surface area contributed by atoms with Crippen LogP contribution in [0.5, 0.6) is 0 Å². The molecule has 8 heteroatoms. The zero-order chi connectivity index (χ0) is 24.9. The molecule has 2 aromatic rings. The van der Waals surface area contributed by atoms with Crippen molar-refractivity contribution in [2.45, 2.75) is 116 Å². The highest BCUT2D eigenvalue weighted by Crippen LogP contribution is 2.18. The van der Waals surface area contributed by atoms with Crippen molar-refractivity contribution in [2.75, 3.05) is 6.61 Å². The van der Waals surface area contributed by atoms with Crippen LogP contribution in [-0.4, -0.2) is 36.5 Å². The number of imidazole rings is 1. The van der Waals surface area contributed by atoms with Gasteiger partial charge >= 0.3 is 5.69 Å². The molecule has 2 rings (SSSR count). The lowest BCUT2D eigenvalue weighted by atomic mass is 10.1. The van der Waals surface area contributed by atoms with Gasteiger partial charge in [-0.2, -0.15) is 0 Å². The number of aliphatic hydroxyl groups is 1. The van der Waals surface area contributed by atoms with E-state index in [4.69, 9.17) is 4.74 Å². The maximum atomic E-state index is 13.3. The van der Waals surface area contributed by atoms with Gasteiger partial charge in [-0.05, 0) is 32.6 Å². The van der Waals surface area contributed by atoms with E-state index in [1.54, 1.807) is 25.0 Å². The molecule has 0 saturated carbocycles. The SMILES string of the molecule is CCCCCCCCOC(CCCCCCCCC(C)O)n1c(=O)c2c(ncn2C)n(C)c1=O. The standard InChI is InChI=1S/C26H46N4O4/c1-5-6-7-8-13-16-19-34-22(18-15-12-10-9-11-14-17-21(2)31)30-25(32)23-24(27-20-28(23)3)29(4)26(30)33/h20-22,31H,5-19H2,1-4H3. The molecule has 8 nitrogen and oxygen atoms in total. The molecule has 0 saturated heterocycles. The summed E-state index contributed by atoms with van der Waals surface area (Å²) in [5, 5.41) is 9.36. The van der Waals surface area contributed by atoms with Crippen LogP contribution in [0.2, 0.25) is 0 Å². The number of aryl methyl sites for hydroxylation is 2. The molecule has 2 unspecified atom stereocenters. The van der Waals surface area contributed by atoms with Crippen molar-refractivity contribution in [1.29, 1.82) is 0 Å². The molecule has 2 atom stereocenters. The van der Waals surface area contributed by atoms with Crippen LogP contribution in [0, 0.1) is 0 Å². The third-order valence-corrected chi connectivity index (χ3v) is 6.57. The van der Waals surface area contributed by atoms with Gasteiger partial charge in [-0.3, -0.25) is 9.36 Å². The van der Waals surface area contributed by atoms with E-state index in [1.165, 1.54) is 34.8 Å². The highest BCUT2D eigenvalue weighted by molar-refractivity contribution is 5.69. The predicted molar refractivity (Wildman–Crippen MR) is 137 cm³/mol. The Labute approximate surface area is 204 Å². The molecule has 34 heavy (non-hydrogen) atoms. The Morgan fingerprint density at radius 1 is 0.912 bits per heavy atom. The number of aromatic nitrogens is 4. The number of unbranched alkanes of at least 4 members (excludes halogenated alkanes) is 10. The van der Waals surface area contributed by atoms with Crippen LogP contribution >= 0.6 is 0 Å². The van der Waals surface area contributed by atoms with Crippen LogP contribution in [-0.2, 0) is 18.8 Å². The van der Waals surface area contributed by atoms with Gasteiger partial charge < -0.3 is 14.4 Å². The van der Waals surface area contributed by atoms with Crippen molar-refractivity contribution in [3.8, 4) is 0 Å². The summed E-state index contributed by atoms with van der Waals surface area (Å²) in [4.78, 5) is 30.6. The fraction of sp³-hybridized carbons (Fsp3) is 0.808. The second-order valence-electron chi connectivity index (χ2n) is 9.69. The fourth-order valence-corrected chi connectivity index (χ4v) is 4.47. The van der Waals surface area contributed by atoms with Gasteiger partial charge in [-0.1, -0.05) is 71.1 Å². The minimum atomic E-state index is -0.559. The van der Waals surface area contributed by atoms with Crippen LogP contribution in [0.1, 0.15) is 110 Å². The van der Waals surface area contributed by atoms with Crippen LogP contribution in [0.4, 0.5) is 0 Å². The molecule has 2 aromatic heterocycles. The fourth-order valence-electron chi connectivity index (χ4n) is 4.47. The lowest BCUT2D eigenvalue weighted by Crippen LogP contribution is -2.42. The molecule has 0 fully saturated rings. The molecule has 0 spiro atoms. The second kappa shape index (κ2) is 15.1. The number of aliphatic hydroxyl groups excluding tert-OH is 1. The molecule has 0 aliphatic heterocycles. The van der Waals surface area contributed by atoms with E-state index < -0.39 is 6.23 Å². The summed E-state index contributed by atoms with van der Waals surface area (Å²) in [5.41, 5.74) is 0.125. The predicted octanol–water partition coefficient (Wildman–Crippen LogP) is 4.81. The largest absolute Gasteiger partial charge is 0.393 e. The van der Waals surface area contributed by atoms with Gasteiger partial charge in [0.25, 0.3) is 5.56 Å². The molecule has 194 valence electrons. The summed E-state index contributed by atoms with van der Waals surface area (Å²) in [7, 11) is 3.43. The van der Waals surface area contributed by atoms with E-state index >= 15 is 0 Å². The Morgan fingerprint density at radius 3 is 2.15 bits per heavy atom.